The molecule has 0 aliphatic heterocycles. The Hall–Kier alpha value is -2.50. The summed E-state index contributed by atoms with van der Waals surface area (Å²) in [6.07, 6.45) is 2.61. The minimum absolute atomic E-state index is 0.0468. The predicted octanol–water partition coefficient (Wildman–Crippen LogP) is 5.72. The van der Waals surface area contributed by atoms with Gasteiger partial charge in [0.15, 0.2) is 0 Å². The molecule has 0 saturated heterocycles. The molecule has 186 valence electrons. The summed E-state index contributed by atoms with van der Waals surface area (Å²) in [5, 5.41) is 13.5. The van der Waals surface area contributed by atoms with E-state index in [1.54, 1.807) is 0 Å². The van der Waals surface area contributed by atoms with Gasteiger partial charge in [0, 0.05) is 19.1 Å². The van der Waals surface area contributed by atoms with Crippen LogP contribution in [0.15, 0.2) is 104 Å². The van der Waals surface area contributed by atoms with Crippen molar-refractivity contribution in [3.63, 3.8) is 0 Å². The van der Waals surface area contributed by atoms with Crippen LogP contribution >= 0.6 is 0 Å². The fourth-order valence-electron chi connectivity index (χ4n) is 4.75. The van der Waals surface area contributed by atoms with Crippen molar-refractivity contribution in [2.75, 3.05) is 13.2 Å². The first-order valence-corrected chi connectivity index (χ1v) is 14.4. The molecule has 0 amide bonds. The van der Waals surface area contributed by atoms with Crippen molar-refractivity contribution in [3.8, 4) is 0 Å². The van der Waals surface area contributed by atoms with E-state index < -0.39 is 14.4 Å². The number of benzene rings is 3. The second-order valence-electron chi connectivity index (χ2n) is 10.2. The van der Waals surface area contributed by atoms with Crippen LogP contribution in [-0.2, 0) is 15.8 Å². The maximum atomic E-state index is 11.1. The molecule has 0 saturated carbocycles. The molecule has 3 rings (SSSR count). The average Bonchev–Trinajstić information content (AvgIpc) is 2.87. The van der Waals surface area contributed by atoms with E-state index in [9.17, 15) is 5.11 Å². The van der Waals surface area contributed by atoms with Gasteiger partial charge < -0.3 is 14.3 Å². The van der Waals surface area contributed by atoms with Gasteiger partial charge in [0.1, 0.15) is 0 Å². The summed E-state index contributed by atoms with van der Waals surface area (Å²) < 4.78 is 12.9. The first-order valence-electron chi connectivity index (χ1n) is 12.5. The summed E-state index contributed by atoms with van der Waals surface area (Å²) in [6.45, 7) is 12.3. The summed E-state index contributed by atoms with van der Waals surface area (Å²) in [7, 11) is -2.65. The largest absolute Gasteiger partial charge is 0.407 e. The Morgan fingerprint density at radius 2 is 1.37 bits per heavy atom. The second-order valence-corrected chi connectivity index (χ2v) is 14.5. The molecule has 0 unspecified atom stereocenters. The predicted molar refractivity (Wildman–Crippen MR) is 149 cm³/mol. The van der Waals surface area contributed by atoms with Crippen LogP contribution in [0, 0.1) is 5.92 Å². The fourth-order valence-corrected chi connectivity index (χ4v) is 9.37. The summed E-state index contributed by atoms with van der Waals surface area (Å²) >= 11 is 0. The van der Waals surface area contributed by atoms with Crippen LogP contribution < -0.4 is 10.4 Å². The molecule has 3 aromatic carbocycles. The molecule has 0 radical (unpaired) electrons. The zero-order valence-corrected chi connectivity index (χ0v) is 22.4. The minimum atomic E-state index is -2.65. The van der Waals surface area contributed by atoms with Crippen molar-refractivity contribution in [1.82, 2.24) is 0 Å². The summed E-state index contributed by atoms with van der Waals surface area (Å²) in [5.74, 6) is -0.0468. The number of ether oxygens (including phenoxy) is 1. The third kappa shape index (κ3) is 7.02. The Kier molecular flexibility index (Phi) is 10.1. The molecule has 0 bridgehead atoms. The summed E-state index contributed by atoms with van der Waals surface area (Å²) in [5.41, 5.74) is 1.14. The Morgan fingerprint density at radius 1 is 0.857 bits per heavy atom. The van der Waals surface area contributed by atoms with Gasteiger partial charge in [-0.05, 0) is 33.8 Å². The highest BCUT2D eigenvalue weighted by Gasteiger charge is 2.50. The molecular formula is C31H40O3Si. The first kappa shape index (κ1) is 27.1. The van der Waals surface area contributed by atoms with E-state index in [1.165, 1.54) is 10.4 Å². The van der Waals surface area contributed by atoms with Crippen LogP contribution in [-0.4, -0.2) is 32.7 Å². The maximum absolute atomic E-state index is 11.1. The van der Waals surface area contributed by atoms with E-state index in [4.69, 9.17) is 9.16 Å². The second kappa shape index (κ2) is 13.0. The lowest BCUT2D eigenvalue weighted by Gasteiger charge is -2.44. The van der Waals surface area contributed by atoms with Crippen molar-refractivity contribution >= 4 is 18.7 Å². The molecule has 35 heavy (non-hydrogen) atoms. The van der Waals surface area contributed by atoms with E-state index >= 15 is 0 Å². The lowest BCUT2D eigenvalue weighted by Crippen LogP contribution is -2.67. The molecule has 2 atom stereocenters. The molecule has 0 aliphatic carbocycles. The fraction of sp³-hybridized carbons (Fsp3) is 0.355. The lowest BCUT2D eigenvalue weighted by atomic mass is 9.97. The summed E-state index contributed by atoms with van der Waals surface area (Å²) in [6, 6.07) is 31.4. The van der Waals surface area contributed by atoms with E-state index in [1.807, 2.05) is 24.3 Å². The Bertz CT molecular complexity index is 960. The number of hydrogen-bond acceptors (Lipinski definition) is 3. The Morgan fingerprint density at radius 3 is 1.86 bits per heavy atom. The van der Waals surface area contributed by atoms with Crippen LogP contribution in [0.5, 0.6) is 0 Å². The standard InChI is InChI=1S/C31H40O3Si/c1-5-15-27(30(32)22-23-33-24-26-16-9-6-10-17-26)25-34-35(31(2,3)4,28-18-11-7-12-19-28)29-20-13-8-14-21-29/h5-14,16-21,27,30,32H,1,15,22-25H2,2-4H3/t27-,30-/m1/s1. The SMILES string of the molecule is C=CC[C@H](CO[Si](c1ccccc1)(c1ccccc1)C(C)(C)C)[C@H](O)CCOCc1ccccc1. The van der Waals surface area contributed by atoms with E-state index in [2.05, 4.69) is 100 Å². The highest BCUT2D eigenvalue weighted by molar-refractivity contribution is 6.99. The van der Waals surface area contributed by atoms with Crippen LogP contribution in [0.4, 0.5) is 0 Å². The van der Waals surface area contributed by atoms with Crippen LogP contribution in [0.1, 0.15) is 39.2 Å². The number of allylic oxidation sites excluding steroid dienone is 1. The Labute approximate surface area is 212 Å². The van der Waals surface area contributed by atoms with Crippen molar-refractivity contribution in [3.05, 3.63) is 109 Å². The van der Waals surface area contributed by atoms with E-state index in [0.717, 1.165) is 5.56 Å². The van der Waals surface area contributed by atoms with Gasteiger partial charge in [0.2, 0.25) is 0 Å². The van der Waals surface area contributed by atoms with Crippen molar-refractivity contribution in [2.45, 2.75) is 51.4 Å². The number of aliphatic hydroxyl groups is 1. The zero-order valence-electron chi connectivity index (χ0n) is 21.4. The highest BCUT2D eigenvalue weighted by atomic mass is 28.4. The van der Waals surface area contributed by atoms with Gasteiger partial charge in [0.05, 0.1) is 12.7 Å². The minimum Gasteiger partial charge on any atom is -0.407 e. The van der Waals surface area contributed by atoms with Gasteiger partial charge in [-0.1, -0.05) is 118 Å². The summed E-state index contributed by atoms with van der Waals surface area (Å²) in [4.78, 5) is 0. The molecule has 0 heterocycles. The molecule has 3 aromatic rings. The first-order chi connectivity index (χ1) is 16.9. The highest BCUT2D eigenvalue weighted by Crippen LogP contribution is 2.37. The van der Waals surface area contributed by atoms with Crippen molar-refractivity contribution < 1.29 is 14.3 Å². The quantitative estimate of drug-likeness (QED) is 0.190. The van der Waals surface area contributed by atoms with Gasteiger partial charge in [-0.2, -0.15) is 0 Å². The molecule has 0 aliphatic rings. The molecule has 4 heteroatoms. The topological polar surface area (TPSA) is 38.7 Å². The van der Waals surface area contributed by atoms with Gasteiger partial charge in [-0.25, -0.2) is 0 Å². The van der Waals surface area contributed by atoms with E-state index in [0.29, 0.717) is 32.7 Å². The molecule has 0 aromatic heterocycles. The molecule has 3 nitrogen and oxygen atoms in total. The monoisotopic (exact) mass is 488 g/mol. The van der Waals surface area contributed by atoms with Crippen LogP contribution in [0.25, 0.3) is 0 Å². The zero-order chi connectivity index (χ0) is 25.2. The molecule has 1 N–H and O–H groups in total. The van der Waals surface area contributed by atoms with Gasteiger partial charge in [-0.15, -0.1) is 6.58 Å². The van der Waals surface area contributed by atoms with Gasteiger partial charge in [0.25, 0.3) is 8.32 Å². The molecular weight excluding hydrogens is 448 g/mol. The third-order valence-electron chi connectivity index (χ3n) is 6.61. The van der Waals surface area contributed by atoms with Crippen molar-refractivity contribution in [2.24, 2.45) is 5.92 Å². The van der Waals surface area contributed by atoms with Gasteiger partial charge >= 0.3 is 0 Å². The molecule has 0 spiro atoms. The number of rotatable bonds is 13. The normalized spacial score (nSPS) is 13.8. The van der Waals surface area contributed by atoms with E-state index in [-0.39, 0.29) is 11.0 Å². The lowest BCUT2D eigenvalue weighted by molar-refractivity contribution is 0.0297. The third-order valence-corrected chi connectivity index (χ3v) is 11.6. The number of hydrogen-bond donors (Lipinski definition) is 1. The van der Waals surface area contributed by atoms with Gasteiger partial charge in [-0.3, -0.25) is 0 Å². The van der Waals surface area contributed by atoms with Crippen LogP contribution in [0.2, 0.25) is 5.04 Å². The Balaban J connectivity index is 1.76. The average molecular weight is 489 g/mol. The smallest absolute Gasteiger partial charge is 0.261 e. The van der Waals surface area contributed by atoms with Crippen LogP contribution in [0.3, 0.4) is 0 Å². The maximum Gasteiger partial charge on any atom is 0.261 e. The molecule has 0 fully saturated rings. The van der Waals surface area contributed by atoms with Crippen molar-refractivity contribution in [1.29, 1.82) is 0 Å². The number of aliphatic hydroxyl groups excluding tert-OH is 1.